The smallest absolute Gasteiger partial charge is 0.252 e. The molecule has 1 amide bonds. The minimum absolute atomic E-state index is 0.0680. The highest BCUT2D eigenvalue weighted by Gasteiger charge is 2.45. The molecule has 4 nitrogen and oxygen atoms in total. The summed E-state index contributed by atoms with van der Waals surface area (Å²) < 4.78 is 0. The number of carbonyl (C=O) groups excluding carboxylic acids is 1. The van der Waals surface area contributed by atoms with Crippen LogP contribution in [0.3, 0.4) is 0 Å². The Kier molecular flexibility index (Phi) is 2.58. The fourth-order valence-electron chi connectivity index (χ4n) is 1.21. The van der Waals surface area contributed by atoms with Gasteiger partial charge in [-0.25, -0.2) is 0 Å². The van der Waals surface area contributed by atoms with E-state index in [1.165, 1.54) is 6.92 Å². The molecule has 13 heavy (non-hydrogen) atoms. The number of rotatable bonds is 3. The van der Waals surface area contributed by atoms with E-state index < -0.39 is 17.6 Å². The van der Waals surface area contributed by atoms with Gasteiger partial charge in [0.25, 0.3) is 5.91 Å². The zero-order valence-corrected chi connectivity index (χ0v) is 7.87. The minimum atomic E-state index is -1.30. The quantitative estimate of drug-likeness (QED) is 0.653. The highest BCUT2D eigenvalue weighted by molar-refractivity contribution is 5.85. The first-order valence-corrected chi connectivity index (χ1v) is 4.41. The molecule has 4 heteroatoms. The van der Waals surface area contributed by atoms with Crippen LogP contribution in [0.4, 0.5) is 0 Å². The molecule has 0 aliphatic heterocycles. The predicted octanol–water partition coefficient (Wildman–Crippen LogP) is 0.176. The maximum atomic E-state index is 11.4. The van der Waals surface area contributed by atoms with Crippen molar-refractivity contribution in [2.24, 2.45) is 5.92 Å². The predicted molar refractivity (Wildman–Crippen MR) is 46.6 cm³/mol. The van der Waals surface area contributed by atoms with Gasteiger partial charge in [-0.1, -0.05) is 0 Å². The lowest BCUT2D eigenvalue weighted by Crippen LogP contribution is -2.48. The summed E-state index contributed by atoms with van der Waals surface area (Å²) in [6.07, 6.45) is 1.78. The molecule has 0 bridgehead atoms. The average molecular weight is 182 g/mol. The summed E-state index contributed by atoms with van der Waals surface area (Å²) in [6.45, 7) is 3.09. The fourth-order valence-corrected chi connectivity index (χ4v) is 1.21. The van der Waals surface area contributed by atoms with E-state index in [0.717, 1.165) is 12.8 Å². The van der Waals surface area contributed by atoms with Crippen molar-refractivity contribution < 1.29 is 9.90 Å². The van der Waals surface area contributed by atoms with Crippen molar-refractivity contribution in [3.63, 3.8) is 0 Å². The molecule has 0 saturated heterocycles. The first-order chi connectivity index (χ1) is 5.98. The Morgan fingerprint density at radius 1 is 1.77 bits per heavy atom. The molecule has 0 heterocycles. The third-order valence-electron chi connectivity index (χ3n) is 2.37. The summed E-state index contributed by atoms with van der Waals surface area (Å²) in [6, 6.07) is 1.34. The van der Waals surface area contributed by atoms with Crippen LogP contribution < -0.4 is 5.32 Å². The van der Waals surface area contributed by atoms with Crippen LogP contribution in [0.2, 0.25) is 0 Å². The molecule has 2 unspecified atom stereocenters. The maximum absolute atomic E-state index is 11.4. The lowest BCUT2D eigenvalue weighted by molar-refractivity contribution is -0.140. The molecule has 1 rings (SSSR count). The number of carbonyl (C=O) groups is 1. The Morgan fingerprint density at radius 3 is 2.69 bits per heavy atom. The molecule has 2 N–H and O–H groups in total. The summed E-state index contributed by atoms with van der Waals surface area (Å²) in [4.78, 5) is 11.4. The second kappa shape index (κ2) is 3.35. The first kappa shape index (κ1) is 10.0. The van der Waals surface area contributed by atoms with E-state index in [-0.39, 0.29) is 5.92 Å². The van der Waals surface area contributed by atoms with Crippen molar-refractivity contribution in [3.05, 3.63) is 0 Å². The van der Waals surface area contributed by atoms with Crippen molar-refractivity contribution in [2.75, 3.05) is 0 Å². The molecule has 0 spiro atoms. The Morgan fingerprint density at radius 2 is 2.31 bits per heavy atom. The Balaban J connectivity index is 2.51. The van der Waals surface area contributed by atoms with Crippen molar-refractivity contribution in [1.29, 1.82) is 5.26 Å². The number of nitriles is 1. The molecule has 0 aromatic carbocycles. The highest BCUT2D eigenvalue weighted by Crippen LogP contribution is 2.39. The number of aliphatic hydroxyl groups is 1. The van der Waals surface area contributed by atoms with Crippen LogP contribution >= 0.6 is 0 Å². The van der Waals surface area contributed by atoms with E-state index in [0.29, 0.717) is 0 Å². The number of nitrogens with one attached hydrogen (secondary N) is 1. The highest BCUT2D eigenvalue weighted by atomic mass is 16.3. The van der Waals surface area contributed by atoms with Gasteiger partial charge >= 0.3 is 0 Å². The third kappa shape index (κ3) is 2.19. The van der Waals surface area contributed by atoms with E-state index >= 15 is 0 Å². The molecule has 1 fully saturated rings. The van der Waals surface area contributed by atoms with Crippen LogP contribution in [0, 0.1) is 17.2 Å². The van der Waals surface area contributed by atoms with E-state index in [9.17, 15) is 9.90 Å². The molecule has 72 valence electrons. The Bertz CT molecular complexity index is 251. The zero-order chi connectivity index (χ0) is 10.1. The largest absolute Gasteiger partial charge is 0.380 e. The van der Waals surface area contributed by atoms with E-state index in [1.54, 1.807) is 6.92 Å². The van der Waals surface area contributed by atoms with Crippen LogP contribution in [0.1, 0.15) is 26.7 Å². The first-order valence-electron chi connectivity index (χ1n) is 4.41. The van der Waals surface area contributed by atoms with Gasteiger partial charge in [-0.05, 0) is 32.6 Å². The van der Waals surface area contributed by atoms with Crippen LogP contribution in [0.25, 0.3) is 0 Å². The van der Waals surface area contributed by atoms with Gasteiger partial charge in [-0.15, -0.1) is 0 Å². The van der Waals surface area contributed by atoms with Gasteiger partial charge in [-0.2, -0.15) is 5.26 Å². The standard InChI is InChI=1S/C9H14N2O2/c1-6(5-10)11-8(12)9(2,13)7-3-4-7/h6-7,13H,3-4H2,1-2H3,(H,11,12). The SMILES string of the molecule is CC(C#N)NC(=O)C(C)(O)C1CC1. The van der Waals surface area contributed by atoms with Crippen LogP contribution in [0.5, 0.6) is 0 Å². The zero-order valence-electron chi connectivity index (χ0n) is 7.87. The van der Waals surface area contributed by atoms with Crippen molar-refractivity contribution in [2.45, 2.75) is 38.3 Å². The molecular weight excluding hydrogens is 168 g/mol. The summed E-state index contributed by atoms with van der Waals surface area (Å²) in [5.41, 5.74) is -1.30. The van der Waals surface area contributed by atoms with E-state index in [2.05, 4.69) is 5.32 Å². The Labute approximate surface area is 77.6 Å². The van der Waals surface area contributed by atoms with Crippen molar-refractivity contribution in [1.82, 2.24) is 5.32 Å². The van der Waals surface area contributed by atoms with E-state index in [1.807, 2.05) is 6.07 Å². The summed E-state index contributed by atoms with van der Waals surface area (Å²) in [7, 11) is 0. The molecular formula is C9H14N2O2. The summed E-state index contributed by atoms with van der Waals surface area (Å²) in [5, 5.41) is 20.6. The van der Waals surface area contributed by atoms with E-state index in [4.69, 9.17) is 5.26 Å². The summed E-state index contributed by atoms with van der Waals surface area (Å²) in [5.74, 6) is -0.373. The topological polar surface area (TPSA) is 73.1 Å². The second-order valence-corrected chi connectivity index (χ2v) is 3.75. The molecule has 1 saturated carbocycles. The van der Waals surface area contributed by atoms with Crippen molar-refractivity contribution >= 4 is 5.91 Å². The Hall–Kier alpha value is -1.08. The fraction of sp³-hybridized carbons (Fsp3) is 0.778. The lowest BCUT2D eigenvalue weighted by Gasteiger charge is -2.22. The van der Waals surface area contributed by atoms with Gasteiger partial charge in [-0.3, -0.25) is 4.79 Å². The molecule has 1 aliphatic rings. The van der Waals surface area contributed by atoms with Crippen LogP contribution in [-0.2, 0) is 4.79 Å². The van der Waals surface area contributed by atoms with Gasteiger partial charge in [0.2, 0.25) is 0 Å². The molecule has 0 aromatic rings. The minimum Gasteiger partial charge on any atom is -0.380 e. The third-order valence-corrected chi connectivity index (χ3v) is 2.37. The second-order valence-electron chi connectivity index (χ2n) is 3.75. The van der Waals surface area contributed by atoms with Crippen molar-refractivity contribution in [3.8, 4) is 6.07 Å². The van der Waals surface area contributed by atoms with Gasteiger partial charge in [0.15, 0.2) is 0 Å². The normalized spacial score (nSPS) is 22.6. The molecule has 1 aliphatic carbocycles. The van der Waals surface area contributed by atoms with Gasteiger partial charge in [0, 0.05) is 0 Å². The van der Waals surface area contributed by atoms with Crippen LogP contribution in [0.15, 0.2) is 0 Å². The number of nitrogens with zero attached hydrogens (tertiary/aromatic N) is 1. The molecule has 0 aromatic heterocycles. The monoisotopic (exact) mass is 182 g/mol. The number of hydrogen-bond acceptors (Lipinski definition) is 3. The average Bonchev–Trinajstić information content (AvgIpc) is 2.86. The molecule has 2 atom stereocenters. The van der Waals surface area contributed by atoms with Gasteiger partial charge in [0.05, 0.1) is 6.07 Å². The van der Waals surface area contributed by atoms with Gasteiger partial charge < -0.3 is 10.4 Å². The maximum Gasteiger partial charge on any atom is 0.252 e. The number of hydrogen-bond donors (Lipinski definition) is 2. The lowest BCUT2D eigenvalue weighted by atomic mass is 9.99. The summed E-state index contributed by atoms with van der Waals surface area (Å²) >= 11 is 0. The van der Waals surface area contributed by atoms with Crippen LogP contribution in [-0.4, -0.2) is 22.7 Å². The number of amides is 1. The molecule has 0 radical (unpaired) electrons. The van der Waals surface area contributed by atoms with Gasteiger partial charge in [0.1, 0.15) is 11.6 Å².